The molecule has 1 aromatic heterocycles. The van der Waals surface area contributed by atoms with Crippen LogP contribution < -0.4 is 5.32 Å². The van der Waals surface area contributed by atoms with E-state index in [1.54, 1.807) is 16.4 Å². The van der Waals surface area contributed by atoms with Crippen molar-refractivity contribution < 1.29 is 9.90 Å². The average molecular weight is 284 g/mol. The smallest absolute Gasteiger partial charge is 0.323 e. The second-order valence-corrected chi connectivity index (χ2v) is 6.19. The van der Waals surface area contributed by atoms with Crippen molar-refractivity contribution in [2.45, 2.75) is 48.6 Å². The maximum absolute atomic E-state index is 11.6. The molecule has 1 saturated carbocycles. The van der Waals surface area contributed by atoms with Crippen LogP contribution in [-0.4, -0.2) is 43.2 Å². The number of aryl methyl sites for hydroxylation is 1. The lowest BCUT2D eigenvalue weighted by Crippen LogP contribution is -2.55. The van der Waals surface area contributed by atoms with Gasteiger partial charge in [0.2, 0.25) is 0 Å². The van der Waals surface area contributed by atoms with Gasteiger partial charge >= 0.3 is 5.97 Å². The fourth-order valence-electron chi connectivity index (χ4n) is 2.64. The lowest BCUT2D eigenvalue weighted by molar-refractivity contribution is -0.146. The Kier molecular flexibility index (Phi) is 4.46. The van der Waals surface area contributed by atoms with E-state index in [1.165, 1.54) is 6.33 Å². The van der Waals surface area contributed by atoms with E-state index in [1.807, 2.05) is 14.0 Å². The summed E-state index contributed by atoms with van der Waals surface area (Å²) in [5, 5.41) is 17.8. The minimum absolute atomic E-state index is 0.270. The Bertz CT molecular complexity index is 447. The summed E-state index contributed by atoms with van der Waals surface area (Å²) in [5.41, 5.74) is -0.775. The minimum atomic E-state index is -0.775. The zero-order chi connectivity index (χ0) is 13.9. The summed E-state index contributed by atoms with van der Waals surface area (Å²) < 4.78 is 1.73. The predicted octanol–water partition coefficient (Wildman–Crippen LogP) is 1.28. The number of carboxylic acids is 1. The van der Waals surface area contributed by atoms with Crippen molar-refractivity contribution in [3.8, 4) is 0 Å². The van der Waals surface area contributed by atoms with Crippen LogP contribution in [0.3, 0.4) is 0 Å². The third-order valence-electron chi connectivity index (χ3n) is 3.57. The van der Waals surface area contributed by atoms with Crippen LogP contribution in [0, 0.1) is 0 Å². The molecule has 7 heteroatoms. The first-order valence-corrected chi connectivity index (χ1v) is 7.44. The maximum Gasteiger partial charge on any atom is 0.323 e. The second kappa shape index (κ2) is 5.92. The van der Waals surface area contributed by atoms with Crippen LogP contribution >= 0.6 is 11.8 Å². The standard InChI is InChI=1S/C12H20N4O2S/c1-3-14-12(10(17)18)6-4-5-9(7-12)19-11-13-8-15-16(11)2/h8-9,14H,3-7H2,1-2H3,(H,17,18). The van der Waals surface area contributed by atoms with Gasteiger partial charge in [-0.1, -0.05) is 18.7 Å². The highest BCUT2D eigenvalue weighted by Gasteiger charge is 2.42. The van der Waals surface area contributed by atoms with Crippen molar-refractivity contribution in [3.63, 3.8) is 0 Å². The highest BCUT2D eigenvalue weighted by atomic mass is 32.2. The summed E-state index contributed by atoms with van der Waals surface area (Å²) in [4.78, 5) is 15.8. The predicted molar refractivity (Wildman–Crippen MR) is 73.2 cm³/mol. The molecule has 1 heterocycles. The summed E-state index contributed by atoms with van der Waals surface area (Å²) in [7, 11) is 1.85. The molecule has 0 aliphatic heterocycles. The van der Waals surface area contributed by atoms with Crippen molar-refractivity contribution >= 4 is 17.7 Å². The molecule has 6 nitrogen and oxygen atoms in total. The van der Waals surface area contributed by atoms with Gasteiger partial charge in [0.1, 0.15) is 11.9 Å². The zero-order valence-corrected chi connectivity index (χ0v) is 12.1. The highest BCUT2D eigenvalue weighted by molar-refractivity contribution is 7.99. The molecule has 0 radical (unpaired) electrons. The Morgan fingerprint density at radius 3 is 3.11 bits per heavy atom. The number of carboxylic acid groups (broad SMARTS) is 1. The Morgan fingerprint density at radius 2 is 2.53 bits per heavy atom. The number of aliphatic carboxylic acids is 1. The Balaban J connectivity index is 2.07. The molecular weight excluding hydrogens is 264 g/mol. The van der Waals surface area contributed by atoms with E-state index < -0.39 is 11.5 Å². The van der Waals surface area contributed by atoms with E-state index in [4.69, 9.17) is 0 Å². The van der Waals surface area contributed by atoms with E-state index in [-0.39, 0.29) is 5.25 Å². The van der Waals surface area contributed by atoms with Crippen molar-refractivity contribution in [2.75, 3.05) is 6.54 Å². The van der Waals surface area contributed by atoms with Crippen molar-refractivity contribution in [1.29, 1.82) is 0 Å². The number of carbonyl (C=O) groups is 1. The quantitative estimate of drug-likeness (QED) is 0.848. The van der Waals surface area contributed by atoms with Crippen LogP contribution in [0.25, 0.3) is 0 Å². The summed E-state index contributed by atoms with van der Waals surface area (Å²) in [6.45, 7) is 2.62. The monoisotopic (exact) mass is 284 g/mol. The van der Waals surface area contributed by atoms with Gasteiger partial charge in [0.25, 0.3) is 0 Å². The number of hydrogen-bond donors (Lipinski definition) is 2. The molecule has 2 unspecified atom stereocenters. The second-order valence-electron chi connectivity index (χ2n) is 4.92. The zero-order valence-electron chi connectivity index (χ0n) is 11.3. The molecule has 0 amide bonds. The van der Waals surface area contributed by atoms with Crippen LogP contribution in [0.1, 0.15) is 32.6 Å². The van der Waals surface area contributed by atoms with Crippen LogP contribution in [0.2, 0.25) is 0 Å². The van der Waals surface area contributed by atoms with Crippen molar-refractivity contribution in [2.24, 2.45) is 7.05 Å². The van der Waals surface area contributed by atoms with E-state index in [2.05, 4.69) is 15.4 Å². The van der Waals surface area contributed by atoms with Gasteiger partial charge < -0.3 is 10.4 Å². The minimum Gasteiger partial charge on any atom is -0.480 e. The summed E-state index contributed by atoms with van der Waals surface area (Å²) in [5.74, 6) is -0.738. The van der Waals surface area contributed by atoms with Crippen LogP contribution in [0.5, 0.6) is 0 Å². The van der Waals surface area contributed by atoms with Gasteiger partial charge in [-0.05, 0) is 32.2 Å². The molecule has 0 aromatic carbocycles. The van der Waals surface area contributed by atoms with Crippen LogP contribution in [-0.2, 0) is 11.8 Å². The van der Waals surface area contributed by atoms with Gasteiger partial charge in [0.15, 0.2) is 5.16 Å². The van der Waals surface area contributed by atoms with Gasteiger partial charge in [-0.25, -0.2) is 9.67 Å². The molecule has 1 fully saturated rings. The SMILES string of the molecule is CCNC1(C(=O)O)CCCC(Sc2ncnn2C)C1. The molecule has 0 saturated heterocycles. The molecule has 0 bridgehead atoms. The average Bonchev–Trinajstić information content (AvgIpc) is 2.76. The third kappa shape index (κ3) is 3.09. The fourth-order valence-corrected chi connectivity index (χ4v) is 3.89. The third-order valence-corrected chi connectivity index (χ3v) is 4.89. The molecule has 2 atom stereocenters. The maximum atomic E-state index is 11.6. The number of hydrogen-bond acceptors (Lipinski definition) is 5. The first kappa shape index (κ1) is 14.3. The normalized spacial score (nSPS) is 27.4. The van der Waals surface area contributed by atoms with Crippen molar-refractivity contribution in [1.82, 2.24) is 20.1 Å². The summed E-state index contributed by atoms with van der Waals surface area (Å²) in [6, 6.07) is 0. The Hall–Kier alpha value is -1.08. The van der Waals surface area contributed by atoms with Gasteiger partial charge in [0.05, 0.1) is 0 Å². The molecule has 2 N–H and O–H groups in total. The first-order valence-electron chi connectivity index (χ1n) is 6.56. The number of thioether (sulfide) groups is 1. The van der Waals surface area contributed by atoms with E-state index in [9.17, 15) is 9.90 Å². The lowest BCUT2D eigenvalue weighted by Gasteiger charge is -2.37. The van der Waals surface area contributed by atoms with E-state index in [0.29, 0.717) is 19.4 Å². The van der Waals surface area contributed by atoms with Crippen LogP contribution in [0.15, 0.2) is 11.5 Å². The van der Waals surface area contributed by atoms with Gasteiger partial charge in [-0.3, -0.25) is 4.79 Å². The molecule has 1 aliphatic carbocycles. The fraction of sp³-hybridized carbons (Fsp3) is 0.750. The van der Waals surface area contributed by atoms with Crippen LogP contribution in [0.4, 0.5) is 0 Å². The Morgan fingerprint density at radius 1 is 1.74 bits per heavy atom. The Labute approximate surface area is 117 Å². The number of nitrogens with one attached hydrogen (secondary N) is 1. The molecule has 106 valence electrons. The topological polar surface area (TPSA) is 80.0 Å². The largest absolute Gasteiger partial charge is 0.480 e. The molecular formula is C12H20N4O2S. The molecule has 1 aliphatic rings. The van der Waals surface area contributed by atoms with Gasteiger partial charge in [0, 0.05) is 12.3 Å². The van der Waals surface area contributed by atoms with E-state index in [0.717, 1.165) is 18.0 Å². The molecule has 1 aromatic rings. The number of nitrogens with zero attached hydrogens (tertiary/aromatic N) is 3. The molecule has 19 heavy (non-hydrogen) atoms. The summed E-state index contributed by atoms with van der Waals surface area (Å²) in [6.07, 6.45) is 4.81. The van der Waals surface area contributed by atoms with Crippen molar-refractivity contribution in [3.05, 3.63) is 6.33 Å². The lowest BCUT2D eigenvalue weighted by atomic mass is 9.81. The number of aromatic nitrogens is 3. The highest BCUT2D eigenvalue weighted by Crippen LogP contribution is 2.37. The summed E-state index contributed by atoms with van der Waals surface area (Å²) >= 11 is 1.63. The first-order chi connectivity index (χ1) is 9.07. The molecule has 0 spiro atoms. The number of rotatable bonds is 5. The van der Waals surface area contributed by atoms with Gasteiger partial charge in [-0.15, -0.1) is 0 Å². The number of likely N-dealkylation sites (N-methyl/N-ethyl adjacent to an activating group) is 1. The van der Waals surface area contributed by atoms with E-state index >= 15 is 0 Å². The van der Waals surface area contributed by atoms with Gasteiger partial charge in [-0.2, -0.15) is 5.10 Å². The molecule has 2 rings (SSSR count).